The largest absolute Gasteiger partial charge is 0.492 e. The number of hydrogen-bond donors (Lipinski definition) is 1. The zero-order chi connectivity index (χ0) is 14.1. The highest BCUT2D eigenvalue weighted by Crippen LogP contribution is 2.28. The summed E-state index contributed by atoms with van der Waals surface area (Å²) in [7, 11) is 0. The van der Waals surface area contributed by atoms with Crippen LogP contribution in [0.4, 0.5) is 0 Å². The zero-order valence-electron chi connectivity index (χ0n) is 11.5. The number of ether oxygens (including phenoxy) is 1. The highest BCUT2D eigenvalue weighted by molar-refractivity contribution is 5.89. The van der Waals surface area contributed by atoms with Gasteiger partial charge in [-0.05, 0) is 25.0 Å². The minimum atomic E-state index is -0.395. The molecular formula is C15H18N2O3. The fourth-order valence-electron chi connectivity index (χ4n) is 2.80. The predicted octanol–water partition coefficient (Wildman–Crippen LogP) is 0.585. The third-order valence-corrected chi connectivity index (χ3v) is 4.01. The van der Waals surface area contributed by atoms with Gasteiger partial charge in [0, 0.05) is 13.1 Å². The van der Waals surface area contributed by atoms with Gasteiger partial charge in [0.15, 0.2) is 0 Å². The van der Waals surface area contributed by atoms with Crippen molar-refractivity contribution in [2.75, 3.05) is 19.7 Å². The SMILES string of the molecule is CC1C(=O)NCCN1C(=O)C1COc2ccccc2C1. The van der Waals surface area contributed by atoms with Crippen molar-refractivity contribution in [3.05, 3.63) is 29.8 Å². The summed E-state index contributed by atoms with van der Waals surface area (Å²) < 4.78 is 5.66. The van der Waals surface area contributed by atoms with Crippen LogP contribution in [0.1, 0.15) is 12.5 Å². The first kappa shape index (κ1) is 13.0. The molecule has 1 N–H and O–H groups in total. The van der Waals surface area contributed by atoms with Gasteiger partial charge in [0.1, 0.15) is 18.4 Å². The molecule has 2 atom stereocenters. The number of amides is 2. The molecule has 5 heteroatoms. The minimum Gasteiger partial charge on any atom is -0.492 e. The molecule has 0 bridgehead atoms. The van der Waals surface area contributed by atoms with E-state index in [1.165, 1.54) is 0 Å². The van der Waals surface area contributed by atoms with E-state index in [0.29, 0.717) is 26.1 Å². The first-order valence-corrected chi connectivity index (χ1v) is 6.95. The van der Waals surface area contributed by atoms with Crippen LogP contribution >= 0.6 is 0 Å². The van der Waals surface area contributed by atoms with Crippen LogP contribution in [0.15, 0.2) is 24.3 Å². The van der Waals surface area contributed by atoms with Crippen LogP contribution in [-0.4, -0.2) is 42.5 Å². The molecule has 5 nitrogen and oxygen atoms in total. The Labute approximate surface area is 117 Å². The van der Waals surface area contributed by atoms with Gasteiger partial charge in [0.2, 0.25) is 11.8 Å². The van der Waals surface area contributed by atoms with Crippen LogP contribution in [0.5, 0.6) is 5.75 Å². The van der Waals surface area contributed by atoms with E-state index in [1.807, 2.05) is 24.3 Å². The van der Waals surface area contributed by atoms with E-state index in [0.717, 1.165) is 11.3 Å². The van der Waals surface area contributed by atoms with Gasteiger partial charge in [-0.2, -0.15) is 0 Å². The van der Waals surface area contributed by atoms with Gasteiger partial charge in [-0.15, -0.1) is 0 Å². The Morgan fingerprint density at radius 1 is 1.40 bits per heavy atom. The lowest BCUT2D eigenvalue weighted by Gasteiger charge is -2.36. The van der Waals surface area contributed by atoms with Crippen LogP contribution in [0.25, 0.3) is 0 Å². The molecule has 3 rings (SSSR count). The molecule has 2 unspecified atom stereocenters. The van der Waals surface area contributed by atoms with Crippen LogP contribution in [0.3, 0.4) is 0 Å². The first-order chi connectivity index (χ1) is 9.66. The number of para-hydroxylation sites is 1. The Morgan fingerprint density at radius 2 is 2.20 bits per heavy atom. The van der Waals surface area contributed by atoms with Crippen LogP contribution in [0.2, 0.25) is 0 Å². The molecule has 2 aliphatic heterocycles. The van der Waals surface area contributed by atoms with Gasteiger partial charge in [-0.25, -0.2) is 0 Å². The second-order valence-electron chi connectivity index (χ2n) is 5.32. The van der Waals surface area contributed by atoms with Crippen molar-refractivity contribution in [3.63, 3.8) is 0 Å². The standard InChI is InChI=1S/C15H18N2O3/c1-10-14(18)16-6-7-17(10)15(19)12-8-11-4-2-3-5-13(11)20-9-12/h2-5,10,12H,6-9H2,1H3,(H,16,18). The molecule has 1 saturated heterocycles. The maximum atomic E-state index is 12.6. The molecule has 1 aromatic carbocycles. The number of hydrogen-bond acceptors (Lipinski definition) is 3. The van der Waals surface area contributed by atoms with Crippen molar-refractivity contribution in [3.8, 4) is 5.75 Å². The molecule has 0 saturated carbocycles. The van der Waals surface area contributed by atoms with Crippen molar-refractivity contribution in [1.82, 2.24) is 10.2 Å². The summed E-state index contributed by atoms with van der Waals surface area (Å²) >= 11 is 0. The lowest BCUT2D eigenvalue weighted by Crippen LogP contribution is -2.57. The monoisotopic (exact) mass is 274 g/mol. The number of benzene rings is 1. The van der Waals surface area contributed by atoms with Gasteiger partial charge in [-0.3, -0.25) is 9.59 Å². The minimum absolute atomic E-state index is 0.0156. The molecule has 2 heterocycles. The van der Waals surface area contributed by atoms with Crippen LogP contribution in [0, 0.1) is 5.92 Å². The van der Waals surface area contributed by atoms with Crippen molar-refractivity contribution in [2.24, 2.45) is 5.92 Å². The molecule has 106 valence electrons. The van der Waals surface area contributed by atoms with Gasteiger partial charge in [0.25, 0.3) is 0 Å². The van der Waals surface area contributed by atoms with Crippen molar-refractivity contribution >= 4 is 11.8 Å². The summed E-state index contributed by atoms with van der Waals surface area (Å²) in [6, 6.07) is 7.39. The summed E-state index contributed by atoms with van der Waals surface area (Å²) in [5.74, 6) is 0.600. The normalized spacial score (nSPS) is 25.4. The number of carbonyl (C=O) groups is 2. The Hall–Kier alpha value is -2.04. The van der Waals surface area contributed by atoms with Gasteiger partial charge in [-0.1, -0.05) is 18.2 Å². The lowest BCUT2D eigenvalue weighted by molar-refractivity contribution is -0.146. The van der Waals surface area contributed by atoms with E-state index in [-0.39, 0.29) is 17.7 Å². The Morgan fingerprint density at radius 3 is 3.05 bits per heavy atom. The van der Waals surface area contributed by atoms with E-state index >= 15 is 0 Å². The molecule has 0 aliphatic carbocycles. The van der Waals surface area contributed by atoms with E-state index < -0.39 is 6.04 Å². The van der Waals surface area contributed by atoms with Crippen LogP contribution < -0.4 is 10.1 Å². The molecular weight excluding hydrogens is 256 g/mol. The average Bonchev–Trinajstić information content (AvgIpc) is 2.49. The van der Waals surface area contributed by atoms with E-state index in [2.05, 4.69) is 5.32 Å². The van der Waals surface area contributed by atoms with Gasteiger partial charge in [0.05, 0.1) is 5.92 Å². The summed E-state index contributed by atoms with van der Waals surface area (Å²) in [6.45, 7) is 3.26. The van der Waals surface area contributed by atoms with Gasteiger partial charge < -0.3 is 15.0 Å². The Balaban J connectivity index is 1.74. The molecule has 0 radical (unpaired) electrons. The maximum absolute atomic E-state index is 12.6. The average molecular weight is 274 g/mol. The van der Waals surface area contributed by atoms with Crippen molar-refractivity contribution in [2.45, 2.75) is 19.4 Å². The fourth-order valence-corrected chi connectivity index (χ4v) is 2.80. The highest BCUT2D eigenvalue weighted by Gasteiger charge is 2.35. The maximum Gasteiger partial charge on any atom is 0.242 e. The third-order valence-electron chi connectivity index (χ3n) is 4.01. The molecule has 1 fully saturated rings. The van der Waals surface area contributed by atoms with Crippen molar-refractivity contribution < 1.29 is 14.3 Å². The van der Waals surface area contributed by atoms with Crippen LogP contribution in [-0.2, 0) is 16.0 Å². The number of nitrogens with one attached hydrogen (secondary N) is 1. The van der Waals surface area contributed by atoms with Crippen molar-refractivity contribution in [1.29, 1.82) is 0 Å². The number of piperazine rings is 1. The Bertz CT molecular complexity index is 544. The second-order valence-corrected chi connectivity index (χ2v) is 5.32. The smallest absolute Gasteiger partial charge is 0.242 e. The summed E-state index contributed by atoms with van der Waals surface area (Å²) in [4.78, 5) is 25.9. The van der Waals surface area contributed by atoms with E-state index in [1.54, 1.807) is 11.8 Å². The topological polar surface area (TPSA) is 58.6 Å². The third kappa shape index (κ3) is 2.24. The fraction of sp³-hybridized carbons (Fsp3) is 0.467. The van der Waals surface area contributed by atoms with E-state index in [9.17, 15) is 9.59 Å². The summed E-state index contributed by atoms with van der Waals surface area (Å²) in [5, 5.41) is 2.77. The van der Waals surface area contributed by atoms with E-state index in [4.69, 9.17) is 4.74 Å². The molecule has 0 aromatic heterocycles. The molecule has 20 heavy (non-hydrogen) atoms. The zero-order valence-corrected chi connectivity index (χ0v) is 11.5. The molecule has 1 aromatic rings. The predicted molar refractivity (Wildman–Crippen MR) is 73.3 cm³/mol. The lowest BCUT2D eigenvalue weighted by atomic mass is 9.94. The first-order valence-electron chi connectivity index (χ1n) is 6.95. The molecule has 2 aliphatic rings. The Kier molecular flexibility index (Phi) is 3.34. The van der Waals surface area contributed by atoms with Gasteiger partial charge >= 0.3 is 0 Å². The molecule has 0 spiro atoms. The number of rotatable bonds is 1. The molecule has 2 amide bonds. The summed E-state index contributed by atoms with van der Waals surface area (Å²) in [6.07, 6.45) is 0.680. The highest BCUT2D eigenvalue weighted by atomic mass is 16.5. The number of nitrogens with zero attached hydrogens (tertiary/aromatic N) is 1. The number of fused-ring (bicyclic) bond motifs is 1. The number of carbonyl (C=O) groups excluding carboxylic acids is 2. The second kappa shape index (κ2) is 5.15. The quantitative estimate of drug-likeness (QED) is 0.815. The summed E-state index contributed by atoms with van der Waals surface area (Å²) in [5.41, 5.74) is 1.06.